The highest BCUT2D eigenvalue weighted by Gasteiger charge is 2.14. The first-order chi connectivity index (χ1) is 9.69. The van der Waals surface area contributed by atoms with Gasteiger partial charge < -0.3 is 14.7 Å². The highest BCUT2D eigenvalue weighted by atomic mass is 32.1. The number of hydrogen-bond donors (Lipinski definition) is 1. The van der Waals surface area contributed by atoms with E-state index in [1.54, 1.807) is 7.11 Å². The van der Waals surface area contributed by atoms with E-state index in [1.807, 2.05) is 36.2 Å². The van der Waals surface area contributed by atoms with Gasteiger partial charge >= 0.3 is 0 Å². The van der Waals surface area contributed by atoms with Crippen molar-refractivity contribution in [2.45, 2.75) is 26.4 Å². The molecule has 0 aliphatic heterocycles. The summed E-state index contributed by atoms with van der Waals surface area (Å²) in [4.78, 5) is 7.62. The third kappa shape index (κ3) is 3.11. The van der Waals surface area contributed by atoms with Crippen LogP contribution in [0.15, 0.2) is 24.3 Å². The zero-order valence-corrected chi connectivity index (χ0v) is 12.9. The monoisotopic (exact) mass is 292 g/mol. The van der Waals surface area contributed by atoms with Gasteiger partial charge in [0.2, 0.25) is 0 Å². The maximum Gasteiger partial charge on any atom is 0.190 e. The minimum atomic E-state index is 0.0545. The topological polar surface area (TPSA) is 45.6 Å². The molecule has 1 aromatic heterocycles. The summed E-state index contributed by atoms with van der Waals surface area (Å²) in [6, 6.07) is 7.86. The largest absolute Gasteiger partial charge is 0.497 e. The van der Waals surface area contributed by atoms with Crippen molar-refractivity contribution >= 4 is 22.2 Å². The maximum atomic E-state index is 9.42. The number of rotatable bonds is 6. The Kier molecular flexibility index (Phi) is 4.98. The predicted molar refractivity (Wildman–Crippen MR) is 83.1 cm³/mol. The summed E-state index contributed by atoms with van der Waals surface area (Å²) in [5.74, 6) is 0.821. The van der Waals surface area contributed by atoms with E-state index in [4.69, 9.17) is 4.74 Å². The van der Waals surface area contributed by atoms with Gasteiger partial charge in [-0.05, 0) is 18.6 Å². The van der Waals surface area contributed by atoms with Crippen molar-refractivity contribution in [3.63, 3.8) is 0 Å². The minimum absolute atomic E-state index is 0.0545. The summed E-state index contributed by atoms with van der Waals surface area (Å²) in [6.07, 6.45) is 1.93. The van der Waals surface area contributed by atoms with Crippen LogP contribution in [0.3, 0.4) is 0 Å². The quantitative estimate of drug-likeness (QED) is 0.886. The molecule has 1 N–H and O–H groups in total. The van der Waals surface area contributed by atoms with Crippen LogP contribution >= 0.6 is 11.3 Å². The first kappa shape index (κ1) is 14.8. The molecule has 0 saturated heterocycles. The van der Waals surface area contributed by atoms with Gasteiger partial charge in [0.05, 0.1) is 24.3 Å². The van der Waals surface area contributed by atoms with Crippen molar-refractivity contribution in [2.24, 2.45) is 0 Å². The fraction of sp³-hybridized carbons (Fsp3) is 0.400. The standard InChI is InChI=1S/C15H20N2O2S/c1-4-6-13-14(10-18)20-15(16-13)17(2)11-7-5-8-12(9-11)19-3/h5,7-9,18H,4,6,10H2,1-3H3. The third-order valence-corrected chi connectivity index (χ3v) is 4.28. The lowest BCUT2D eigenvalue weighted by atomic mass is 10.2. The second-order valence-electron chi connectivity index (χ2n) is 4.53. The Hall–Kier alpha value is -1.59. The van der Waals surface area contributed by atoms with Crippen LogP contribution < -0.4 is 9.64 Å². The molecule has 5 heteroatoms. The molecule has 2 aromatic rings. The summed E-state index contributed by atoms with van der Waals surface area (Å²) in [7, 11) is 3.64. The molecule has 0 saturated carbocycles. The van der Waals surface area contributed by atoms with Crippen LogP contribution in [0.5, 0.6) is 5.75 Å². The maximum absolute atomic E-state index is 9.42. The number of thiazole rings is 1. The Balaban J connectivity index is 2.29. The number of aliphatic hydroxyl groups is 1. The molecule has 0 spiro atoms. The molecule has 0 atom stereocenters. The van der Waals surface area contributed by atoms with Gasteiger partial charge in [-0.3, -0.25) is 0 Å². The average Bonchev–Trinajstić information content (AvgIpc) is 2.90. The normalized spacial score (nSPS) is 10.6. The summed E-state index contributed by atoms with van der Waals surface area (Å²) in [5.41, 5.74) is 2.02. The summed E-state index contributed by atoms with van der Waals surface area (Å²) < 4.78 is 5.25. The molecule has 0 bridgehead atoms. The number of benzene rings is 1. The fourth-order valence-corrected chi connectivity index (χ4v) is 2.95. The highest BCUT2D eigenvalue weighted by molar-refractivity contribution is 7.15. The molecule has 0 unspecified atom stereocenters. The lowest BCUT2D eigenvalue weighted by molar-refractivity contribution is 0.284. The van der Waals surface area contributed by atoms with Crippen LogP contribution in [0.4, 0.5) is 10.8 Å². The Morgan fingerprint density at radius 3 is 2.85 bits per heavy atom. The molecule has 1 heterocycles. The third-order valence-electron chi connectivity index (χ3n) is 3.12. The van der Waals surface area contributed by atoms with Crippen LogP contribution in [0.2, 0.25) is 0 Å². The number of methoxy groups -OCH3 is 1. The minimum Gasteiger partial charge on any atom is -0.497 e. The first-order valence-electron chi connectivity index (χ1n) is 6.66. The fourth-order valence-electron chi connectivity index (χ4n) is 2.00. The SMILES string of the molecule is CCCc1nc(N(C)c2cccc(OC)c2)sc1CO. The second-order valence-corrected chi connectivity index (χ2v) is 5.60. The van der Waals surface area contributed by atoms with Gasteiger partial charge in [-0.2, -0.15) is 0 Å². The molecule has 0 fully saturated rings. The van der Waals surface area contributed by atoms with E-state index in [9.17, 15) is 5.11 Å². The van der Waals surface area contributed by atoms with Crippen molar-refractivity contribution in [3.8, 4) is 5.75 Å². The smallest absolute Gasteiger partial charge is 0.190 e. The Morgan fingerprint density at radius 1 is 1.40 bits per heavy atom. The van der Waals surface area contributed by atoms with Crippen molar-refractivity contribution in [2.75, 3.05) is 19.1 Å². The van der Waals surface area contributed by atoms with Crippen LogP contribution in [0.1, 0.15) is 23.9 Å². The number of ether oxygens (including phenoxy) is 1. The van der Waals surface area contributed by atoms with Gasteiger partial charge in [-0.15, -0.1) is 0 Å². The summed E-state index contributed by atoms with van der Waals surface area (Å²) >= 11 is 1.54. The second kappa shape index (κ2) is 6.72. The van der Waals surface area contributed by atoms with E-state index in [2.05, 4.69) is 11.9 Å². The van der Waals surface area contributed by atoms with Crippen LogP contribution in [-0.2, 0) is 13.0 Å². The van der Waals surface area contributed by atoms with Crippen LogP contribution in [0, 0.1) is 0 Å². The van der Waals surface area contributed by atoms with E-state index in [0.717, 1.165) is 40.0 Å². The van der Waals surface area contributed by atoms with Gasteiger partial charge in [-0.1, -0.05) is 30.7 Å². The molecule has 0 aliphatic carbocycles. The Morgan fingerprint density at radius 2 is 2.20 bits per heavy atom. The lowest BCUT2D eigenvalue weighted by Crippen LogP contribution is -2.09. The summed E-state index contributed by atoms with van der Waals surface area (Å²) in [6.45, 7) is 2.17. The van der Waals surface area contributed by atoms with Gasteiger partial charge in [0.25, 0.3) is 0 Å². The molecule has 4 nitrogen and oxygen atoms in total. The number of aromatic nitrogens is 1. The van der Waals surface area contributed by atoms with Crippen LogP contribution in [-0.4, -0.2) is 24.2 Å². The van der Waals surface area contributed by atoms with E-state index in [-0.39, 0.29) is 6.61 Å². The van der Waals surface area contributed by atoms with Gasteiger partial charge in [0.1, 0.15) is 5.75 Å². The van der Waals surface area contributed by atoms with E-state index in [1.165, 1.54) is 11.3 Å². The number of anilines is 2. The number of aryl methyl sites for hydroxylation is 1. The number of hydrogen-bond acceptors (Lipinski definition) is 5. The molecule has 2 rings (SSSR count). The van der Waals surface area contributed by atoms with Gasteiger partial charge in [0, 0.05) is 18.8 Å². The van der Waals surface area contributed by atoms with E-state index in [0.29, 0.717) is 0 Å². The molecular formula is C15H20N2O2S. The average molecular weight is 292 g/mol. The molecule has 0 aliphatic rings. The molecule has 0 radical (unpaired) electrons. The molecule has 20 heavy (non-hydrogen) atoms. The predicted octanol–water partition coefficient (Wildman–Crippen LogP) is 3.36. The van der Waals surface area contributed by atoms with Gasteiger partial charge in [-0.25, -0.2) is 4.98 Å². The number of aliphatic hydroxyl groups excluding tert-OH is 1. The molecular weight excluding hydrogens is 272 g/mol. The molecule has 108 valence electrons. The Bertz CT molecular complexity index is 569. The van der Waals surface area contributed by atoms with Crippen molar-refractivity contribution in [1.29, 1.82) is 0 Å². The van der Waals surface area contributed by atoms with Crippen molar-refractivity contribution < 1.29 is 9.84 Å². The van der Waals surface area contributed by atoms with Crippen molar-refractivity contribution in [3.05, 3.63) is 34.8 Å². The Labute approximate surface area is 123 Å². The molecule has 0 amide bonds. The lowest BCUT2D eigenvalue weighted by Gasteiger charge is -2.16. The van der Waals surface area contributed by atoms with Gasteiger partial charge in [0.15, 0.2) is 5.13 Å². The summed E-state index contributed by atoms with van der Waals surface area (Å²) in [5, 5.41) is 10.3. The zero-order chi connectivity index (χ0) is 14.5. The zero-order valence-electron chi connectivity index (χ0n) is 12.1. The van der Waals surface area contributed by atoms with Crippen molar-refractivity contribution in [1.82, 2.24) is 4.98 Å². The highest BCUT2D eigenvalue weighted by Crippen LogP contribution is 2.32. The van der Waals surface area contributed by atoms with Crippen LogP contribution in [0.25, 0.3) is 0 Å². The van der Waals surface area contributed by atoms with E-state index < -0.39 is 0 Å². The first-order valence-corrected chi connectivity index (χ1v) is 7.48. The number of nitrogens with zero attached hydrogens (tertiary/aromatic N) is 2. The van der Waals surface area contributed by atoms with E-state index >= 15 is 0 Å². The molecule has 1 aromatic carbocycles.